The lowest BCUT2D eigenvalue weighted by molar-refractivity contribution is -0.384. The second kappa shape index (κ2) is 7.08. The van der Waals surface area contributed by atoms with Crippen molar-refractivity contribution in [3.8, 4) is 11.5 Å². The Morgan fingerprint density at radius 3 is 2.70 bits per heavy atom. The number of amides is 1. The minimum Gasteiger partial charge on any atom is -0.497 e. The maximum Gasteiger partial charge on any atom is 0.270 e. The van der Waals surface area contributed by atoms with E-state index < -0.39 is 16.4 Å². The molecule has 2 aromatic carbocycles. The first-order valence-electron chi connectivity index (χ1n) is 8.32. The van der Waals surface area contributed by atoms with Crippen molar-refractivity contribution in [2.75, 3.05) is 7.11 Å². The summed E-state index contributed by atoms with van der Waals surface area (Å²) in [6, 6.07) is 8.89. The zero-order valence-electron chi connectivity index (χ0n) is 15.1. The van der Waals surface area contributed by atoms with Gasteiger partial charge in [0, 0.05) is 24.1 Å². The van der Waals surface area contributed by atoms with Crippen molar-refractivity contribution in [3.05, 3.63) is 62.7 Å². The summed E-state index contributed by atoms with van der Waals surface area (Å²) in [6.07, 6.45) is 0.545. The number of nitrogens with one attached hydrogen (secondary N) is 1. The lowest BCUT2D eigenvalue weighted by atomic mass is 9.89. The molecule has 0 saturated carbocycles. The molecular weight excluding hydrogens is 372 g/mol. The summed E-state index contributed by atoms with van der Waals surface area (Å²) in [5.74, 6) is 0.920. The molecule has 1 N–H and O–H groups in total. The number of hydrogen-bond donors (Lipinski definition) is 1. The van der Waals surface area contributed by atoms with Crippen molar-refractivity contribution in [1.29, 1.82) is 0 Å². The molecule has 0 spiro atoms. The molecule has 0 aromatic heterocycles. The van der Waals surface area contributed by atoms with Gasteiger partial charge < -0.3 is 14.8 Å². The van der Waals surface area contributed by atoms with E-state index in [0.717, 1.165) is 5.56 Å². The number of hydrogen-bond acceptors (Lipinski definition) is 5. The predicted octanol–water partition coefficient (Wildman–Crippen LogP) is 4.29. The molecule has 0 aliphatic carbocycles. The Kier molecular flexibility index (Phi) is 4.97. The topological polar surface area (TPSA) is 90.7 Å². The molecule has 1 amide bonds. The van der Waals surface area contributed by atoms with Gasteiger partial charge >= 0.3 is 0 Å². The number of nitro benzene ring substituents is 1. The Morgan fingerprint density at radius 2 is 2.07 bits per heavy atom. The minimum absolute atomic E-state index is 0.0267. The Hall–Kier alpha value is -2.80. The number of benzene rings is 2. The number of halogens is 1. The largest absolute Gasteiger partial charge is 0.497 e. The van der Waals surface area contributed by atoms with Gasteiger partial charge in [-0.3, -0.25) is 14.9 Å². The first-order chi connectivity index (χ1) is 12.7. The van der Waals surface area contributed by atoms with E-state index in [0.29, 0.717) is 17.9 Å². The molecule has 1 unspecified atom stereocenters. The minimum atomic E-state index is -0.558. The summed E-state index contributed by atoms with van der Waals surface area (Å²) >= 11 is 6.08. The molecule has 1 aliphatic heterocycles. The van der Waals surface area contributed by atoms with Crippen LogP contribution in [-0.4, -0.2) is 23.5 Å². The van der Waals surface area contributed by atoms with E-state index in [1.54, 1.807) is 13.2 Å². The number of carbonyl (C=O) groups excluding carboxylic acids is 1. The molecule has 3 rings (SSSR count). The van der Waals surface area contributed by atoms with Crippen LogP contribution in [0.5, 0.6) is 11.5 Å². The van der Waals surface area contributed by atoms with Crippen molar-refractivity contribution < 1.29 is 19.2 Å². The van der Waals surface area contributed by atoms with E-state index in [4.69, 9.17) is 21.1 Å². The van der Waals surface area contributed by atoms with E-state index in [9.17, 15) is 14.9 Å². The number of nitro groups is 1. The fraction of sp³-hybridized carbons (Fsp3) is 0.316. The van der Waals surface area contributed by atoms with Gasteiger partial charge in [0.05, 0.1) is 28.7 Å². The number of fused-ring (bicyclic) bond motifs is 1. The zero-order chi connectivity index (χ0) is 19.8. The van der Waals surface area contributed by atoms with Crippen LogP contribution in [0.15, 0.2) is 36.4 Å². The lowest BCUT2D eigenvalue weighted by Crippen LogP contribution is -2.41. The van der Waals surface area contributed by atoms with Gasteiger partial charge in [0.15, 0.2) is 0 Å². The van der Waals surface area contributed by atoms with Crippen molar-refractivity contribution in [3.63, 3.8) is 0 Å². The highest BCUT2D eigenvalue weighted by atomic mass is 35.5. The number of rotatable bonds is 4. The van der Waals surface area contributed by atoms with Gasteiger partial charge in [-0.1, -0.05) is 11.6 Å². The highest BCUT2D eigenvalue weighted by Crippen LogP contribution is 2.41. The molecule has 1 aliphatic rings. The third-order valence-corrected chi connectivity index (χ3v) is 4.70. The molecule has 0 fully saturated rings. The SMILES string of the molecule is COc1ccc2c(c1)C(NC(=O)c1ccc([N+](=O)[O-])cc1Cl)CC(C)(C)O2. The van der Waals surface area contributed by atoms with Crippen LogP contribution < -0.4 is 14.8 Å². The smallest absolute Gasteiger partial charge is 0.270 e. The Morgan fingerprint density at radius 1 is 1.33 bits per heavy atom. The summed E-state index contributed by atoms with van der Waals surface area (Å²) in [5.41, 5.74) is 0.341. The summed E-state index contributed by atoms with van der Waals surface area (Å²) in [5, 5.41) is 13.8. The van der Waals surface area contributed by atoms with Crippen LogP contribution >= 0.6 is 11.6 Å². The second-order valence-electron chi connectivity index (χ2n) is 6.92. The molecule has 27 heavy (non-hydrogen) atoms. The van der Waals surface area contributed by atoms with Crippen LogP contribution in [0, 0.1) is 10.1 Å². The third kappa shape index (κ3) is 3.98. The first kappa shape index (κ1) is 19.0. The lowest BCUT2D eigenvalue weighted by Gasteiger charge is -2.38. The van der Waals surface area contributed by atoms with Crippen LogP contribution in [0.3, 0.4) is 0 Å². The number of methoxy groups -OCH3 is 1. The monoisotopic (exact) mass is 390 g/mol. The number of nitrogens with zero attached hydrogens (tertiary/aromatic N) is 1. The fourth-order valence-electron chi connectivity index (χ4n) is 3.13. The van der Waals surface area contributed by atoms with Crippen LogP contribution in [-0.2, 0) is 0 Å². The molecule has 8 heteroatoms. The Labute approximate surface area is 161 Å². The maximum absolute atomic E-state index is 12.8. The van der Waals surface area contributed by atoms with E-state index >= 15 is 0 Å². The standard InChI is InChI=1S/C19H19ClN2O5/c1-19(2)10-16(14-9-12(26-3)5-7-17(14)27-19)21-18(23)13-6-4-11(22(24)25)8-15(13)20/h4-9,16H,10H2,1-3H3,(H,21,23). The second-order valence-corrected chi connectivity index (χ2v) is 7.32. The summed E-state index contributed by atoms with van der Waals surface area (Å²) in [6.45, 7) is 3.89. The van der Waals surface area contributed by atoms with E-state index in [-0.39, 0.29) is 22.3 Å². The van der Waals surface area contributed by atoms with Crippen LogP contribution in [0.1, 0.15) is 42.2 Å². The molecule has 1 heterocycles. The summed E-state index contributed by atoms with van der Waals surface area (Å²) < 4.78 is 11.3. The van der Waals surface area contributed by atoms with Gasteiger partial charge in [0.2, 0.25) is 0 Å². The number of carbonyl (C=O) groups is 1. The van der Waals surface area contributed by atoms with Gasteiger partial charge in [-0.05, 0) is 38.1 Å². The van der Waals surface area contributed by atoms with Crippen LogP contribution in [0.25, 0.3) is 0 Å². The molecular formula is C19H19ClN2O5. The van der Waals surface area contributed by atoms with Crippen LogP contribution in [0.4, 0.5) is 5.69 Å². The molecule has 7 nitrogen and oxygen atoms in total. The van der Waals surface area contributed by atoms with Crippen molar-refractivity contribution >= 4 is 23.2 Å². The normalized spacial score (nSPS) is 17.4. The number of ether oxygens (including phenoxy) is 2. The molecule has 0 saturated heterocycles. The highest BCUT2D eigenvalue weighted by molar-refractivity contribution is 6.34. The average molecular weight is 391 g/mol. The van der Waals surface area contributed by atoms with Gasteiger partial charge in [-0.25, -0.2) is 0 Å². The quantitative estimate of drug-likeness (QED) is 0.621. The fourth-order valence-corrected chi connectivity index (χ4v) is 3.39. The Balaban J connectivity index is 1.91. The molecule has 2 aromatic rings. The van der Waals surface area contributed by atoms with Crippen LogP contribution in [0.2, 0.25) is 5.02 Å². The molecule has 1 atom stereocenters. The Bertz CT molecular complexity index is 913. The van der Waals surface area contributed by atoms with Gasteiger partial charge in [0.1, 0.15) is 17.1 Å². The molecule has 0 radical (unpaired) electrons. The van der Waals surface area contributed by atoms with Crippen molar-refractivity contribution in [2.45, 2.75) is 31.9 Å². The summed E-state index contributed by atoms with van der Waals surface area (Å²) in [7, 11) is 1.57. The number of non-ortho nitro benzene ring substituents is 1. The summed E-state index contributed by atoms with van der Waals surface area (Å²) in [4.78, 5) is 23.0. The van der Waals surface area contributed by atoms with E-state index in [2.05, 4.69) is 5.32 Å². The van der Waals surface area contributed by atoms with Gasteiger partial charge in [-0.2, -0.15) is 0 Å². The van der Waals surface area contributed by atoms with Gasteiger partial charge in [0.25, 0.3) is 11.6 Å². The molecule has 0 bridgehead atoms. The van der Waals surface area contributed by atoms with E-state index in [1.807, 2.05) is 26.0 Å². The molecule has 142 valence electrons. The third-order valence-electron chi connectivity index (χ3n) is 4.39. The van der Waals surface area contributed by atoms with Crippen molar-refractivity contribution in [2.24, 2.45) is 0 Å². The highest BCUT2D eigenvalue weighted by Gasteiger charge is 2.35. The zero-order valence-corrected chi connectivity index (χ0v) is 15.9. The van der Waals surface area contributed by atoms with Gasteiger partial charge in [-0.15, -0.1) is 0 Å². The predicted molar refractivity (Wildman–Crippen MR) is 101 cm³/mol. The van der Waals surface area contributed by atoms with Crippen molar-refractivity contribution in [1.82, 2.24) is 5.32 Å². The maximum atomic E-state index is 12.8. The van der Waals surface area contributed by atoms with E-state index in [1.165, 1.54) is 18.2 Å². The first-order valence-corrected chi connectivity index (χ1v) is 8.70. The average Bonchev–Trinajstić information content (AvgIpc) is 2.60.